The molecule has 1 saturated heterocycles. The van der Waals surface area contributed by atoms with Gasteiger partial charge in [-0.15, -0.1) is 0 Å². The van der Waals surface area contributed by atoms with Gasteiger partial charge in [-0.25, -0.2) is 14.2 Å². The van der Waals surface area contributed by atoms with Crippen molar-refractivity contribution in [1.29, 1.82) is 0 Å². The predicted octanol–water partition coefficient (Wildman–Crippen LogP) is -3.54. The molecule has 2 aromatic carbocycles. The maximum absolute atomic E-state index is 15.4. The summed E-state index contributed by atoms with van der Waals surface area (Å²) in [6.07, 6.45) is -5.11. The molecule has 13 N–H and O–H groups in total. The van der Waals surface area contributed by atoms with Crippen molar-refractivity contribution in [2.45, 2.75) is 114 Å². The van der Waals surface area contributed by atoms with Crippen LogP contribution < -0.4 is 48.5 Å². The maximum Gasteiger partial charge on any atom is 0.343 e. The fourth-order valence-electron chi connectivity index (χ4n) is 10.1. The lowest BCUT2D eigenvalue weighted by Crippen LogP contribution is -2.52. The number of fused-ring (bicyclic) bond motifs is 5. The molecule has 2 aromatic heterocycles. The molecular weight excluding hydrogens is 1040 g/mol. The number of aryl methyl sites for hydroxylation is 1. The minimum absolute atomic E-state index is 0.0112. The Labute approximate surface area is 449 Å². The van der Waals surface area contributed by atoms with Crippen molar-refractivity contribution in [3.05, 3.63) is 97.6 Å². The van der Waals surface area contributed by atoms with Crippen molar-refractivity contribution in [3.8, 4) is 11.4 Å². The van der Waals surface area contributed by atoms with E-state index in [1.54, 1.807) is 50.2 Å². The number of hydrogen-bond donors (Lipinski definition) is 12. The Bertz CT molecular complexity index is 3140. The van der Waals surface area contributed by atoms with E-state index in [2.05, 4.69) is 37.2 Å². The monoisotopic (exact) mass is 1100 g/mol. The van der Waals surface area contributed by atoms with Crippen LogP contribution in [0.1, 0.15) is 77.6 Å². The van der Waals surface area contributed by atoms with E-state index in [4.69, 9.17) is 24.9 Å². The lowest BCUT2D eigenvalue weighted by atomic mass is 9.81. The number of nitrogens with zero attached hydrogens (tertiary/aromatic N) is 2. The van der Waals surface area contributed by atoms with Crippen molar-refractivity contribution < 1.29 is 77.4 Å². The molecule has 7 amide bonds. The second-order valence-electron chi connectivity index (χ2n) is 19.6. The van der Waals surface area contributed by atoms with Crippen LogP contribution in [0, 0.1) is 12.7 Å². The van der Waals surface area contributed by atoms with E-state index in [0.717, 1.165) is 0 Å². The number of cyclic esters (lactones) is 1. The Morgan fingerprint density at radius 1 is 0.899 bits per heavy atom. The number of esters is 1. The largest absolute Gasteiger partial charge is 0.458 e. The van der Waals surface area contributed by atoms with Crippen LogP contribution in [0.15, 0.2) is 47.3 Å². The number of rotatable bonds is 22. The summed E-state index contributed by atoms with van der Waals surface area (Å²) in [6.45, 7) is -0.369. The predicted molar refractivity (Wildman–Crippen MR) is 272 cm³/mol. The fraction of sp³-hybridized carbons (Fsp3) is 0.462. The zero-order valence-corrected chi connectivity index (χ0v) is 43.0. The summed E-state index contributed by atoms with van der Waals surface area (Å²) >= 11 is 0. The van der Waals surface area contributed by atoms with E-state index >= 15 is 4.39 Å². The zero-order valence-electron chi connectivity index (χ0n) is 43.0. The quantitative estimate of drug-likeness (QED) is 0.0181. The van der Waals surface area contributed by atoms with Crippen molar-refractivity contribution in [1.82, 2.24) is 46.8 Å². The molecule has 4 aromatic rings. The molecule has 1 aliphatic carbocycles. The molecule has 3 aliphatic heterocycles. The number of benzene rings is 2. The van der Waals surface area contributed by atoms with Crippen LogP contribution >= 0.6 is 0 Å². The number of hydrogen-bond acceptors (Lipinski definition) is 18. The standard InChI is InChI=1S/C52H61FN10O16/c1-3-52(76)29-14-35-44-27(19-63(35)50(74)28(29)21-78-51(52)75)43-32(11-9-26-24(2)30(53)15-33(61-44)42(26)43)59-41(69)22-77-23-58-39(67)17-57-48(73)34(13-25-7-5-4-6-8-25)60-40(68)18-55-38(66)16-56-47(72)31(54)10-12-37(65)62-49-46(71)45(70)36(20-64)79-49/h4-8,14-15,31-32,34,36,45-46,49,64,70-71,76H,3,9-13,16-23,54H2,1-2H3,(H,55,66)(H,56,72)(H,57,73)(H,58,67)(H,59,69)(H,60,68)(H,62,65)/t31-,32-,34-,36+,45+,46+,49?,52-/m0/s1. The van der Waals surface area contributed by atoms with E-state index in [-0.39, 0.29) is 50.0 Å². The van der Waals surface area contributed by atoms with E-state index in [1.165, 1.54) is 10.6 Å². The third-order valence-corrected chi connectivity index (χ3v) is 14.4. The fourth-order valence-corrected chi connectivity index (χ4v) is 10.1. The number of ether oxygens (including phenoxy) is 3. The molecule has 1 unspecified atom stereocenters. The number of aromatic nitrogens is 2. The number of carbonyl (C=O) groups excluding carboxylic acids is 8. The molecule has 422 valence electrons. The highest BCUT2D eigenvalue weighted by molar-refractivity contribution is 5.95. The molecule has 0 bridgehead atoms. The zero-order chi connectivity index (χ0) is 56.9. The van der Waals surface area contributed by atoms with Gasteiger partial charge >= 0.3 is 5.97 Å². The van der Waals surface area contributed by atoms with Gasteiger partial charge in [-0.1, -0.05) is 37.3 Å². The number of pyridine rings is 2. The highest BCUT2D eigenvalue weighted by Gasteiger charge is 2.46. The van der Waals surface area contributed by atoms with Crippen molar-refractivity contribution in [2.75, 3.05) is 39.6 Å². The lowest BCUT2D eigenvalue weighted by molar-refractivity contribution is -0.172. The van der Waals surface area contributed by atoms with Crippen LogP contribution in [0.4, 0.5) is 4.39 Å². The van der Waals surface area contributed by atoms with Crippen LogP contribution in [0.3, 0.4) is 0 Å². The molecule has 0 spiro atoms. The lowest BCUT2D eigenvalue weighted by Gasteiger charge is -2.31. The molecule has 1 fully saturated rings. The molecule has 5 heterocycles. The van der Waals surface area contributed by atoms with Gasteiger partial charge in [0.05, 0.1) is 67.3 Å². The summed E-state index contributed by atoms with van der Waals surface area (Å²) in [7, 11) is 0. The molecule has 0 radical (unpaired) electrons. The van der Waals surface area contributed by atoms with Gasteiger partial charge in [-0.3, -0.25) is 38.4 Å². The third kappa shape index (κ3) is 12.4. The topological polar surface area (TPSA) is 390 Å². The molecule has 4 aliphatic rings. The second-order valence-corrected chi connectivity index (χ2v) is 19.6. The number of halogens is 1. The number of nitrogens with one attached hydrogen (secondary N) is 7. The van der Waals surface area contributed by atoms with Gasteiger partial charge < -0.3 is 82.2 Å². The van der Waals surface area contributed by atoms with Crippen LogP contribution in [0.2, 0.25) is 0 Å². The molecule has 8 atom stereocenters. The SMILES string of the molecule is CC[C@@]1(O)C(=O)OCc2c1cc1n(c2=O)Cc2c-1nc1cc(F)c(C)c3c1c2[C@@H](NC(=O)COCNC(=O)CNC(=O)[C@H](Cc1ccccc1)NC(=O)CNC(=O)CNC(=O)[C@@H](N)CCC(=O)NC1O[C@H](CO)[C@@H](O)[C@H]1O)CC3. The summed E-state index contributed by atoms with van der Waals surface area (Å²) in [5.74, 6) is -6.44. The minimum Gasteiger partial charge on any atom is -0.458 e. The summed E-state index contributed by atoms with van der Waals surface area (Å²) in [5, 5.41) is 58.4. The van der Waals surface area contributed by atoms with Crippen molar-refractivity contribution in [2.24, 2.45) is 5.73 Å². The van der Waals surface area contributed by atoms with Gasteiger partial charge in [-0.2, -0.15) is 0 Å². The number of aliphatic hydroxyl groups excluding tert-OH is 3. The van der Waals surface area contributed by atoms with E-state index < -0.39 is 147 Å². The average molecular weight is 1100 g/mol. The number of amides is 7. The Balaban J connectivity index is 0.798. The minimum atomic E-state index is -2.06. The second kappa shape index (κ2) is 24.5. The average Bonchev–Trinajstić information content (AvgIpc) is 4.07. The summed E-state index contributed by atoms with van der Waals surface area (Å²) in [6, 6.07) is 8.35. The first-order valence-electron chi connectivity index (χ1n) is 25.5. The summed E-state index contributed by atoms with van der Waals surface area (Å²) in [4.78, 5) is 122. The molecule has 0 saturated carbocycles. The first-order valence-corrected chi connectivity index (χ1v) is 25.5. The Hall–Kier alpha value is -7.79. The smallest absolute Gasteiger partial charge is 0.343 e. The number of nitrogens with two attached hydrogens (primary N) is 1. The van der Waals surface area contributed by atoms with Crippen molar-refractivity contribution >= 4 is 58.2 Å². The van der Waals surface area contributed by atoms with Crippen LogP contribution in [-0.2, 0) is 84.2 Å². The summed E-state index contributed by atoms with van der Waals surface area (Å²) < 4.78 is 32.7. The Morgan fingerprint density at radius 2 is 1.61 bits per heavy atom. The first-order chi connectivity index (χ1) is 37.7. The third-order valence-electron chi connectivity index (χ3n) is 14.4. The molecule has 8 rings (SSSR count). The van der Waals surface area contributed by atoms with E-state index in [0.29, 0.717) is 62.9 Å². The number of aliphatic hydroxyl groups is 4. The Kier molecular flexibility index (Phi) is 17.8. The van der Waals surface area contributed by atoms with Gasteiger partial charge in [0, 0.05) is 35.4 Å². The molecular formula is C52H61FN10O16. The van der Waals surface area contributed by atoms with Crippen LogP contribution in [0.25, 0.3) is 22.3 Å². The maximum atomic E-state index is 15.4. The normalized spacial score (nSPS) is 21.3. The van der Waals surface area contributed by atoms with Crippen molar-refractivity contribution in [3.63, 3.8) is 0 Å². The van der Waals surface area contributed by atoms with Crippen LogP contribution in [0.5, 0.6) is 0 Å². The van der Waals surface area contributed by atoms with E-state index in [9.17, 15) is 63.6 Å². The van der Waals surface area contributed by atoms with Gasteiger partial charge in [-0.05, 0) is 60.9 Å². The molecule has 26 nitrogen and oxygen atoms in total. The van der Waals surface area contributed by atoms with Gasteiger partial charge in [0.2, 0.25) is 41.4 Å². The summed E-state index contributed by atoms with van der Waals surface area (Å²) in [5.41, 5.74) is 7.52. The number of carbonyl (C=O) groups is 8. The van der Waals surface area contributed by atoms with Gasteiger partial charge in [0.1, 0.15) is 50.1 Å². The first kappa shape index (κ1) is 57.4. The van der Waals surface area contributed by atoms with Crippen LogP contribution in [-0.4, -0.2) is 153 Å². The Morgan fingerprint density at radius 3 is 2.32 bits per heavy atom. The van der Waals surface area contributed by atoms with Gasteiger partial charge in [0.25, 0.3) is 5.56 Å². The van der Waals surface area contributed by atoms with Gasteiger partial charge in [0.15, 0.2) is 11.8 Å². The van der Waals surface area contributed by atoms with E-state index in [1.807, 2.05) is 0 Å². The molecule has 79 heavy (non-hydrogen) atoms. The highest BCUT2D eigenvalue weighted by atomic mass is 19.1. The highest BCUT2D eigenvalue weighted by Crippen LogP contribution is 2.46. The molecule has 27 heteroatoms.